The van der Waals surface area contributed by atoms with E-state index in [2.05, 4.69) is 205 Å². The maximum atomic E-state index is 2.36. The normalized spacial score (nSPS) is 11.5. The van der Waals surface area contributed by atoms with E-state index < -0.39 is 0 Å². The van der Waals surface area contributed by atoms with E-state index in [0.717, 1.165) is 17.1 Å². The molecular formula is C50H33NS. The van der Waals surface area contributed by atoms with E-state index in [4.69, 9.17) is 0 Å². The Morgan fingerprint density at radius 2 is 0.731 bits per heavy atom. The molecule has 1 aromatic heterocycles. The second kappa shape index (κ2) is 12.7. The second-order valence-electron chi connectivity index (χ2n) is 13.3. The molecule has 9 aromatic carbocycles. The smallest absolute Gasteiger partial charge is 0.0462 e. The third-order valence-electron chi connectivity index (χ3n) is 10.3. The fraction of sp³-hybridized carbons (Fsp3) is 0. The molecule has 0 unspecified atom stereocenters. The Balaban J connectivity index is 1.06. The van der Waals surface area contributed by atoms with Gasteiger partial charge in [0.2, 0.25) is 0 Å². The van der Waals surface area contributed by atoms with Crippen LogP contribution in [0.2, 0.25) is 0 Å². The van der Waals surface area contributed by atoms with Gasteiger partial charge < -0.3 is 4.90 Å². The number of thiophene rings is 1. The first-order chi connectivity index (χ1) is 25.8. The average molecular weight is 680 g/mol. The first kappa shape index (κ1) is 30.4. The Bertz CT molecular complexity index is 2860. The summed E-state index contributed by atoms with van der Waals surface area (Å²) in [6.45, 7) is 0. The summed E-state index contributed by atoms with van der Waals surface area (Å²) in [6, 6.07) is 72.7. The van der Waals surface area contributed by atoms with E-state index in [1.54, 1.807) is 0 Å². The lowest BCUT2D eigenvalue weighted by atomic mass is 9.98. The van der Waals surface area contributed by atoms with Crippen molar-refractivity contribution < 1.29 is 0 Å². The highest BCUT2D eigenvalue weighted by atomic mass is 32.1. The largest absolute Gasteiger partial charge is 0.311 e. The average Bonchev–Trinajstić information content (AvgIpc) is 3.62. The highest BCUT2D eigenvalue weighted by Crippen LogP contribution is 2.44. The fourth-order valence-electron chi connectivity index (χ4n) is 7.69. The molecule has 10 aromatic rings. The molecule has 0 aliphatic heterocycles. The lowest BCUT2D eigenvalue weighted by Crippen LogP contribution is -2.09. The lowest BCUT2D eigenvalue weighted by molar-refractivity contribution is 1.28. The molecule has 0 bridgehead atoms. The zero-order valence-corrected chi connectivity index (χ0v) is 29.2. The van der Waals surface area contributed by atoms with Gasteiger partial charge in [-0.15, -0.1) is 11.3 Å². The van der Waals surface area contributed by atoms with Gasteiger partial charge in [-0.05, 0) is 91.3 Å². The summed E-state index contributed by atoms with van der Waals surface area (Å²) < 4.78 is 2.69. The van der Waals surface area contributed by atoms with Crippen LogP contribution in [-0.4, -0.2) is 0 Å². The van der Waals surface area contributed by atoms with E-state index in [-0.39, 0.29) is 0 Å². The Morgan fingerprint density at radius 3 is 1.42 bits per heavy atom. The standard InChI is InChI=1S/C50H33NS/c1-2-10-34(11-3-1)35-20-27-40(28-21-35)51(41-29-22-38(23-30-41)44-17-8-14-36-12-4-6-15-43(36)44)42-31-24-39(25-32-42)46-18-9-19-47-48-33-26-37-13-5-7-16-45(37)50(48)52-49(46)47/h1-33H. The quantitative estimate of drug-likeness (QED) is 0.169. The van der Waals surface area contributed by atoms with Gasteiger partial charge in [-0.1, -0.05) is 164 Å². The zero-order valence-electron chi connectivity index (χ0n) is 28.4. The molecule has 0 atom stereocenters. The summed E-state index contributed by atoms with van der Waals surface area (Å²) in [5.41, 5.74) is 10.7. The van der Waals surface area contributed by atoms with Gasteiger partial charge in [0.05, 0.1) is 0 Å². The predicted octanol–water partition coefficient (Wildman–Crippen LogP) is 14.8. The summed E-state index contributed by atoms with van der Waals surface area (Å²) >= 11 is 1.91. The van der Waals surface area contributed by atoms with Crippen LogP contribution >= 0.6 is 11.3 Å². The molecule has 1 nitrogen and oxygen atoms in total. The van der Waals surface area contributed by atoms with Gasteiger partial charge in [0.1, 0.15) is 0 Å². The summed E-state index contributed by atoms with van der Waals surface area (Å²) in [4.78, 5) is 2.36. The van der Waals surface area contributed by atoms with Crippen molar-refractivity contribution >= 4 is 70.1 Å². The first-order valence-electron chi connectivity index (χ1n) is 17.8. The Hall–Kier alpha value is -6.48. The number of hydrogen-bond acceptors (Lipinski definition) is 2. The van der Waals surface area contributed by atoms with Crippen LogP contribution in [0.15, 0.2) is 200 Å². The van der Waals surface area contributed by atoms with Gasteiger partial charge in [0.15, 0.2) is 0 Å². The summed E-state index contributed by atoms with van der Waals surface area (Å²) in [6.07, 6.45) is 0. The molecular weight excluding hydrogens is 647 g/mol. The number of rotatable bonds is 6. The van der Waals surface area contributed by atoms with Gasteiger partial charge in [-0.2, -0.15) is 0 Å². The molecule has 0 radical (unpaired) electrons. The maximum absolute atomic E-state index is 2.36. The van der Waals surface area contributed by atoms with Gasteiger partial charge in [0.25, 0.3) is 0 Å². The third-order valence-corrected chi connectivity index (χ3v) is 11.6. The minimum atomic E-state index is 1.11. The molecule has 1 heterocycles. The van der Waals surface area contributed by atoms with Gasteiger partial charge in [-0.3, -0.25) is 0 Å². The molecule has 52 heavy (non-hydrogen) atoms. The van der Waals surface area contributed by atoms with Crippen LogP contribution in [0.25, 0.3) is 75.1 Å². The molecule has 244 valence electrons. The van der Waals surface area contributed by atoms with Crippen LogP contribution in [-0.2, 0) is 0 Å². The van der Waals surface area contributed by atoms with Crippen LogP contribution < -0.4 is 4.90 Å². The molecule has 2 heteroatoms. The van der Waals surface area contributed by atoms with Crippen molar-refractivity contribution in [3.8, 4) is 33.4 Å². The van der Waals surface area contributed by atoms with Gasteiger partial charge in [-0.25, -0.2) is 0 Å². The van der Waals surface area contributed by atoms with Crippen molar-refractivity contribution in [2.45, 2.75) is 0 Å². The monoisotopic (exact) mass is 679 g/mol. The van der Waals surface area contributed by atoms with E-state index >= 15 is 0 Å². The van der Waals surface area contributed by atoms with Gasteiger partial charge in [0, 0.05) is 37.2 Å². The van der Waals surface area contributed by atoms with E-state index in [9.17, 15) is 0 Å². The Kier molecular flexibility index (Phi) is 7.41. The third kappa shape index (κ3) is 5.24. The molecule has 0 saturated carbocycles. The van der Waals surface area contributed by atoms with Crippen molar-refractivity contribution in [3.63, 3.8) is 0 Å². The SMILES string of the molecule is c1ccc(-c2ccc(N(c3ccc(-c4cccc5ccccc45)cc3)c3ccc(-c4cccc5c4sc4c6ccccc6ccc54)cc3)cc2)cc1. The number of anilines is 3. The topological polar surface area (TPSA) is 3.24 Å². The van der Waals surface area contributed by atoms with Crippen molar-refractivity contribution in [2.24, 2.45) is 0 Å². The molecule has 0 saturated heterocycles. The van der Waals surface area contributed by atoms with E-state index in [1.165, 1.54) is 75.1 Å². The van der Waals surface area contributed by atoms with Crippen LogP contribution in [0.5, 0.6) is 0 Å². The summed E-state index contributed by atoms with van der Waals surface area (Å²) in [7, 11) is 0. The number of benzene rings is 9. The second-order valence-corrected chi connectivity index (χ2v) is 14.3. The highest BCUT2D eigenvalue weighted by molar-refractivity contribution is 7.27. The first-order valence-corrected chi connectivity index (χ1v) is 18.6. The van der Waals surface area contributed by atoms with Gasteiger partial charge >= 0.3 is 0 Å². The van der Waals surface area contributed by atoms with Crippen LogP contribution in [0, 0.1) is 0 Å². The molecule has 10 rings (SSSR count). The van der Waals surface area contributed by atoms with E-state index in [0.29, 0.717) is 0 Å². The molecule has 0 spiro atoms. The Labute approximate surface area is 307 Å². The zero-order chi connectivity index (χ0) is 34.4. The van der Waals surface area contributed by atoms with Crippen molar-refractivity contribution in [2.75, 3.05) is 4.90 Å². The summed E-state index contributed by atoms with van der Waals surface area (Å²) in [5, 5.41) is 7.78. The predicted molar refractivity (Wildman–Crippen MR) is 225 cm³/mol. The minimum Gasteiger partial charge on any atom is -0.311 e. The van der Waals surface area contributed by atoms with Crippen LogP contribution in [0.4, 0.5) is 17.1 Å². The van der Waals surface area contributed by atoms with Crippen LogP contribution in [0.3, 0.4) is 0 Å². The molecule has 0 N–H and O–H groups in total. The summed E-state index contributed by atoms with van der Waals surface area (Å²) in [5.74, 6) is 0. The maximum Gasteiger partial charge on any atom is 0.0462 e. The van der Waals surface area contributed by atoms with Crippen molar-refractivity contribution in [1.82, 2.24) is 0 Å². The fourth-order valence-corrected chi connectivity index (χ4v) is 9.06. The number of fused-ring (bicyclic) bond motifs is 6. The molecule has 0 fully saturated rings. The van der Waals surface area contributed by atoms with Crippen molar-refractivity contribution in [3.05, 3.63) is 200 Å². The minimum absolute atomic E-state index is 1.11. The highest BCUT2D eigenvalue weighted by Gasteiger charge is 2.16. The lowest BCUT2D eigenvalue weighted by Gasteiger charge is -2.26. The molecule has 0 aliphatic rings. The number of hydrogen-bond donors (Lipinski definition) is 0. The molecule has 0 amide bonds. The Morgan fingerprint density at radius 1 is 0.269 bits per heavy atom. The molecule has 0 aliphatic carbocycles. The van der Waals surface area contributed by atoms with Crippen molar-refractivity contribution in [1.29, 1.82) is 0 Å². The van der Waals surface area contributed by atoms with E-state index in [1.807, 2.05) is 11.3 Å². The number of nitrogens with zero attached hydrogens (tertiary/aromatic N) is 1. The van der Waals surface area contributed by atoms with Crippen LogP contribution in [0.1, 0.15) is 0 Å².